The SMILES string of the molecule is Cc1ccc([N+](=O)[O-])c2c(NCCC(=O)N[C@H](C(=O)N[C@@H](CCCCNC(=O)CN)C(=O)N3CCC[C@H]3C(=O)N[C@@H](CCCN=C(N)N)C(=O)O)[C@@H](C)O)c3ccccc3nc12. The molecule has 0 bridgehead atoms. The van der Waals surface area contributed by atoms with Crippen LogP contribution in [-0.4, -0.2) is 129 Å². The monoisotopic (exact) mass is 864 g/mol. The fourth-order valence-electron chi connectivity index (χ4n) is 7.22. The summed E-state index contributed by atoms with van der Waals surface area (Å²) < 4.78 is 0. The number of nitrogens with one attached hydrogen (secondary N) is 5. The van der Waals surface area contributed by atoms with Crippen LogP contribution in [0, 0.1) is 17.0 Å². The van der Waals surface area contributed by atoms with Gasteiger partial charge in [0.05, 0.1) is 34.3 Å². The molecule has 4 rings (SSSR count). The van der Waals surface area contributed by atoms with Crippen molar-refractivity contribution in [2.75, 3.05) is 38.0 Å². The Labute approximate surface area is 356 Å². The van der Waals surface area contributed by atoms with Crippen molar-refractivity contribution >= 4 is 74.6 Å². The van der Waals surface area contributed by atoms with E-state index in [1.54, 1.807) is 37.3 Å². The van der Waals surface area contributed by atoms with Gasteiger partial charge in [-0.1, -0.05) is 24.3 Å². The van der Waals surface area contributed by atoms with E-state index in [0.29, 0.717) is 46.9 Å². The molecule has 0 unspecified atom stereocenters. The molecule has 22 nitrogen and oxygen atoms in total. The third kappa shape index (κ3) is 12.9. The van der Waals surface area contributed by atoms with Crippen molar-refractivity contribution in [3.63, 3.8) is 0 Å². The van der Waals surface area contributed by atoms with Gasteiger partial charge in [0.2, 0.25) is 29.5 Å². The van der Waals surface area contributed by atoms with E-state index in [1.165, 1.54) is 17.9 Å². The smallest absolute Gasteiger partial charge is 0.326 e. The number of nitrogens with two attached hydrogens (primary N) is 3. The van der Waals surface area contributed by atoms with Crippen LogP contribution < -0.4 is 43.8 Å². The number of non-ortho nitro benzene ring substituents is 1. The molecule has 1 saturated heterocycles. The molecule has 1 aliphatic heterocycles. The van der Waals surface area contributed by atoms with Crippen molar-refractivity contribution in [2.45, 2.75) is 95.5 Å². The standard InChI is InChI=1S/C40H56N12O10/c1-22-14-15-28(52(61)62)32-33(22)47-25-10-4-3-9-24(25)35(32)45-19-16-30(54)50-34(23(2)53)37(57)48-26(11-5-6-17-44-31(55)21-41)38(58)51-20-8-13-29(51)36(56)49-27(39(59)60)12-7-18-46-40(42)43/h3-4,9-10,14-15,23,26-27,29,34,53H,5-8,11-13,16-21,41H2,1-2H3,(H,44,55)(H,45,47)(H,48,57)(H,49,56)(H,50,54)(H,59,60)(H4,42,43,46)/t23-,26+,27+,29+,34+/m1/s1. The largest absolute Gasteiger partial charge is 0.480 e. The van der Waals surface area contributed by atoms with Crippen molar-refractivity contribution in [3.05, 3.63) is 52.1 Å². The van der Waals surface area contributed by atoms with Crippen LogP contribution >= 0.6 is 0 Å². The highest BCUT2D eigenvalue weighted by Gasteiger charge is 2.39. The van der Waals surface area contributed by atoms with Crippen LogP contribution in [0.3, 0.4) is 0 Å². The minimum absolute atomic E-state index is 0.0141. The summed E-state index contributed by atoms with van der Waals surface area (Å²) in [5.41, 5.74) is 17.9. The van der Waals surface area contributed by atoms with Gasteiger partial charge in [0, 0.05) is 44.1 Å². The lowest BCUT2D eigenvalue weighted by Crippen LogP contribution is -2.59. The molecular formula is C40H56N12O10. The second-order valence-electron chi connectivity index (χ2n) is 15.0. The number of rotatable bonds is 23. The highest BCUT2D eigenvalue weighted by atomic mass is 16.6. The predicted octanol–water partition coefficient (Wildman–Crippen LogP) is -0.384. The number of aliphatic hydroxyl groups is 1. The van der Waals surface area contributed by atoms with Gasteiger partial charge in [0.25, 0.3) is 5.69 Å². The first-order valence-corrected chi connectivity index (χ1v) is 20.4. The van der Waals surface area contributed by atoms with Crippen molar-refractivity contribution in [1.29, 1.82) is 0 Å². The topological polar surface area (TPSA) is 353 Å². The quantitative estimate of drug-likeness (QED) is 0.0145. The van der Waals surface area contributed by atoms with Gasteiger partial charge in [0.1, 0.15) is 29.6 Å². The number of aliphatic hydroxyl groups excluding tert-OH is 1. The minimum atomic E-state index is -1.53. The summed E-state index contributed by atoms with van der Waals surface area (Å²) in [5, 5.41) is 46.8. The van der Waals surface area contributed by atoms with Crippen LogP contribution in [0.4, 0.5) is 11.4 Å². The molecule has 62 heavy (non-hydrogen) atoms. The molecule has 3 aromatic rings. The van der Waals surface area contributed by atoms with E-state index in [4.69, 9.17) is 17.2 Å². The number of para-hydroxylation sites is 1. The fraction of sp³-hybridized carbons (Fsp3) is 0.500. The van der Waals surface area contributed by atoms with Gasteiger partial charge in [-0.2, -0.15) is 0 Å². The number of nitro benzene ring substituents is 1. The first-order valence-electron chi connectivity index (χ1n) is 20.4. The second-order valence-corrected chi connectivity index (χ2v) is 15.0. The van der Waals surface area contributed by atoms with E-state index in [9.17, 15) is 49.1 Å². The summed E-state index contributed by atoms with van der Waals surface area (Å²) in [5.74, 6) is -4.70. The first-order chi connectivity index (χ1) is 29.5. The maximum absolute atomic E-state index is 14.2. The van der Waals surface area contributed by atoms with Gasteiger partial charge in [-0.15, -0.1) is 0 Å². The number of hydrogen-bond donors (Lipinski definition) is 10. The second kappa shape index (κ2) is 22.8. The number of aryl methyl sites for hydroxylation is 1. The van der Waals surface area contributed by atoms with Crippen LogP contribution in [0.5, 0.6) is 0 Å². The van der Waals surface area contributed by atoms with Gasteiger partial charge >= 0.3 is 5.97 Å². The Balaban J connectivity index is 1.48. The van der Waals surface area contributed by atoms with Gasteiger partial charge in [-0.3, -0.25) is 39.1 Å². The van der Waals surface area contributed by atoms with Crippen molar-refractivity contribution < 1.29 is 43.9 Å². The highest BCUT2D eigenvalue weighted by Crippen LogP contribution is 2.38. The normalized spacial score (nSPS) is 15.5. The zero-order valence-electron chi connectivity index (χ0n) is 34.7. The number of carbonyl (C=O) groups excluding carboxylic acids is 5. The molecule has 22 heteroatoms. The van der Waals surface area contributed by atoms with E-state index < -0.39 is 64.8 Å². The van der Waals surface area contributed by atoms with Gasteiger partial charge in [-0.05, 0) is 70.4 Å². The molecule has 1 aromatic heterocycles. The molecule has 0 spiro atoms. The van der Waals surface area contributed by atoms with E-state index in [2.05, 4.69) is 36.6 Å². The molecule has 5 atom stereocenters. The Morgan fingerprint density at radius 1 is 0.984 bits per heavy atom. The van der Waals surface area contributed by atoms with Crippen molar-refractivity contribution in [2.24, 2.45) is 22.2 Å². The van der Waals surface area contributed by atoms with Gasteiger partial charge < -0.3 is 58.9 Å². The summed E-state index contributed by atoms with van der Waals surface area (Å²) in [6.07, 6.45) is -0.0117. The molecule has 0 aliphatic carbocycles. The number of anilines is 1. The van der Waals surface area contributed by atoms with Crippen LogP contribution in [0.2, 0.25) is 0 Å². The maximum Gasteiger partial charge on any atom is 0.326 e. The number of carboxylic acid groups (broad SMARTS) is 1. The number of carbonyl (C=O) groups is 6. The Kier molecular flexibility index (Phi) is 17.6. The molecule has 0 saturated carbocycles. The zero-order chi connectivity index (χ0) is 45.5. The Morgan fingerprint density at radius 2 is 1.71 bits per heavy atom. The Bertz CT molecular complexity index is 2160. The van der Waals surface area contributed by atoms with Crippen molar-refractivity contribution in [1.82, 2.24) is 31.2 Å². The number of aliphatic carboxylic acids is 1. The number of aromatic nitrogens is 1. The summed E-state index contributed by atoms with van der Waals surface area (Å²) in [4.78, 5) is 99.7. The number of carboxylic acids is 1. The third-order valence-electron chi connectivity index (χ3n) is 10.4. The number of benzene rings is 2. The van der Waals surface area contributed by atoms with Crippen LogP contribution in [0.15, 0.2) is 41.4 Å². The zero-order valence-corrected chi connectivity index (χ0v) is 34.7. The van der Waals surface area contributed by atoms with E-state index >= 15 is 0 Å². The number of aliphatic imine (C=N–C) groups is 1. The number of nitro groups is 1. The number of pyridine rings is 1. The van der Waals surface area contributed by atoms with Crippen LogP contribution in [-0.2, 0) is 28.8 Å². The van der Waals surface area contributed by atoms with E-state index in [1.807, 2.05) is 0 Å². The average Bonchev–Trinajstić information content (AvgIpc) is 3.73. The summed E-state index contributed by atoms with van der Waals surface area (Å²) in [6, 6.07) is 4.95. The number of likely N-dealkylation sites (tertiary alicyclic amines) is 1. The predicted molar refractivity (Wildman–Crippen MR) is 229 cm³/mol. The molecule has 0 radical (unpaired) electrons. The minimum Gasteiger partial charge on any atom is -0.480 e. The van der Waals surface area contributed by atoms with Crippen molar-refractivity contribution in [3.8, 4) is 0 Å². The van der Waals surface area contributed by atoms with Crippen LogP contribution in [0.25, 0.3) is 21.8 Å². The molecule has 2 heterocycles. The average molecular weight is 865 g/mol. The highest BCUT2D eigenvalue weighted by molar-refractivity contribution is 6.12. The fourth-order valence-corrected chi connectivity index (χ4v) is 7.22. The third-order valence-corrected chi connectivity index (χ3v) is 10.4. The number of hydrogen-bond acceptors (Lipinski definition) is 13. The molecule has 336 valence electrons. The summed E-state index contributed by atoms with van der Waals surface area (Å²) in [6.45, 7) is 3.33. The first kappa shape index (κ1) is 48.0. The van der Waals surface area contributed by atoms with Gasteiger partial charge in [-0.25, -0.2) is 9.78 Å². The van der Waals surface area contributed by atoms with Gasteiger partial charge in [0.15, 0.2) is 5.96 Å². The Hall–Kier alpha value is -6.68. The molecule has 13 N–H and O–H groups in total. The van der Waals surface area contributed by atoms with E-state index in [-0.39, 0.29) is 87.8 Å². The van der Waals surface area contributed by atoms with E-state index in [0.717, 1.165) is 0 Å². The lowest BCUT2D eigenvalue weighted by molar-refractivity contribution is -0.383. The maximum atomic E-state index is 14.2. The van der Waals surface area contributed by atoms with Crippen LogP contribution in [0.1, 0.15) is 63.9 Å². The number of fused-ring (bicyclic) bond motifs is 2. The summed E-state index contributed by atoms with van der Waals surface area (Å²) >= 11 is 0. The summed E-state index contributed by atoms with van der Waals surface area (Å²) in [7, 11) is 0. The lowest BCUT2D eigenvalue weighted by Gasteiger charge is -2.31. The molecule has 5 amide bonds. The number of unbranched alkanes of at least 4 members (excludes halogenated alkanes) is 1. The molecule has 1 aliphatic rings. The number of nitrogens with zero attached hydrogens (tertiary/aromatic N) is 4. The Morgan fingerprint density at radius 3 is 2.39 bits per heavy atom. The molecule has 2 aromatic carbocycles. The lowest BCUT2D eigenvalue weighted by atomic mass is 10.0. The molecule has 1 fully saturated rings. The number of guanidine groups is 1. The molecular weight excluding hydrogens is 809 g/mol. The number of amides is 5.